The second kappa shape index (κ2) is 9.35. The Balaban J connectivity index is 2.02. The van der Waals surface area contributed by atoms with Crippen molar-refractivity contribution in [3.63, 3.8) is 0 Å². The molecule has 2 aromatic heterocycles. The molecule has 0 fully saturated rings. The SMILES string of the molecule is CC(C)Cn1c(CCC(N)=O)nnc1SCC(=O)Nc1sccc1C#N. The third kappa shape index (κ3) is 5.57. The summed E-state index contributed by atoms with van der Waals surface area (Å²) in [5.74, 6) is 0.587. The molecule has 26 heavy (non-hydrogen) atoms. The Bertz CT molecular complexity index is 821. The highest BCUT2D eigenvalue weighted by Gasteiger charge is 2.16. The molecule has 0 spiro atoms. The van der Waals surface area contributed by atoms with Crippen molar-refractivity contribution in [2.24, 2.45) is 11.7 Å². The van der Waals surface area contributed by atoms with Crippen LogP contribution in [0.1, 0.15) is 31.7 Å². The van der Waals surface area contributed by atoms with Crippen LogP contribution >= 0.6 is 23.1 Å². The molecule has 2 amide bonds. The summed E-state index contributed by atoms with van der Waals surface area (Å²) in [6.07, 6.45) is 0.624. The van der Waals surface area contributed by atoms with Crippen LogP contribution in [-0.2, 0) is 22.6 Å². The van der Waals surface area contributed by atoms with E-state index in [0.29, 0.717) is 40.4 Å². The van der Waals surface area contributed by atoms with Crippen LogP contribution in [0.3, 0.4) is 0 Å². The summed E-state index contributed by atoms with van der Waals surface area (Å²) in [5.41, 5.74) is 5.66. The van der Waals surface area contributed by atoms with E-state index in [1.807, 2.05) is 10.6 Å². The van der Waals surface area contributed by atoms with Crippen molar-refractivity contribution >= 4 is 39.9 Å². The van der Waals surface area contributed by atoms with Gasteiger partial charge in [-0.1, -0.05) is 25.6 Å². The highest BCUT2D eigenvalue weighted by molar-refractivity contribution is 7.99. The number of rotatable bonds is 9. The van der Waals surface area contributed by atoms with Gasteiger partial charge in [-0.15, -0.1) is 21.5 Å². The van der Waals surface area contributed by atoms with Crippen molar-refractivity contribution in [1.82, 2.24) is 14.8 Å². The average Bonchev–Trinajstić information content (AvgIpc) is 3.17. The average molecular weight is 393 g/mol. The minimum atomic E-state index is -0.387. The summed E-state index contributed by atoms with van der Waals surface area (Å²) in [7, 11) is 0. The lowest BCUT2D eigenvalue weighted by Gasteiger charge is -2.12. The molecule has 0 saturated heterocycles. The molecule has 3 N–H and O–H groups in total. The number of nitrogens with zero attached hydrogens (tertiary/aromatic N) is 4. The summed E-state index contributed by atoms with van der Waals surface area (Å²) >= 11 is 2.58. The minimum Gasteiger partial charge on any atom is -0.370 e. The first-order valence-electron chi connectivity index (χ1n) is 8.01. The molecule has 0 saturated carbocycles. The van der Waals surface area contributed by atoms with E-state index in [2.05, 4.69) is 29.4 Å². The number of anilines is 1. The predicted molar refractivity (Wildman–Crippen MR) is 101 cm³/mol. The van der Waals surface area contributed by atoms with E-state index in [0.717, 1.165) is 0 Å². The first-order valence-corrected chi connectivity index (χ1v) is 9.87. The Labute approximate surface area is 159 Å². The van der Waals surface area contributed by atoms with Gasteiger partial charge in [0.05, 0.1) is 11.3 Å². The van der Waals surface area contributed by atoms with Gasteiger partial charge in [0.1, 0.15) is 16.9 Å². The first-order chi connectivity index (χ1) is 12.4. The number of thiophene rings is 1. The Morgan fingerprint density at radius 1 is 1.46 bits per heavy atom. The van der Waals surface area contributed by atoms with Crippen molar-refractivity contribution in [2.75, 3.05) is 11.1 Å². The summed E-state index contributed by atoms with van der Waals surface area (Å²) in [6, 6.07) is 3.70. The van der Waals surface area contributed by atoms with Gasteiger partial charge in [-0.2, -0.15) is 5.26 Å². The van der Waals surface area contributed by atoms with Crippen LogP contribution < -0.4 is 11.1 Å². The normalized spacial score (nSPS) is 10.7. The lowest BCUT2D eigenvalue weighted by Crippen LogP contribution is -2.16. The lowest BCUT2D eigenvalue weighted by atomic mass is 10.2. The lowest BCUT2D eigenvalue weighted by molar-refractivity contribution is -0.118. The molecule has 0 atom stereocenters. The molecule has 0 radical (unpaired) electrons. The van der Waals surface area contributed by atoms with Crippen LogP contribution in [0.5, 0.6) is 0 Å². The van der Waals surface area contributed by atoms with Crippen molar-refractivity contribution in [3.8, 4) is 6.07 Å². The number of thioether (sulfide) groups is 1. The van der Waals surface area contributed by atoms with Gasteiger partial charge in [-0.25, -0.2) is 0 Å². The zero-order chi connectivity index (χ0) is 19.1. The first kappa shape index (κ1) is 19.9. The molecule has 2 rings (SSSR count). The Hall–Kier alpha value is -2.38. The second-order valence-corrected chi connectivity index (χ2v) is 7.84. The highest BCUT2D eigenvalue weighted by Crippen LogP contribution is 2.24. The number of nitrogens with one attached hydrogen (secondary N) is 1. The fourth-order valence-corrected chi connectivity index (χ4v) is 3.70. The Kier molecular flexibility index (Phi) is 7.17. The number of aryl methyl sites for hydroxylation is 1. The molecule has 0 unspecified atom stereocenters. The third-order valence-electron chi connectivity index (χ3n) is 3.31. The zero-order valence-electron chi connectivity index (χ0n) is 14.6. The van der Waals surface area contributed by atoms with E-state index in [1.165, 1.54) is 23.1 Å². The van der Waals surface area contributed by atoms with Crippen LogP contribution in [0.2, 0.25) is 0 Å². The van der Waals surface area contributed by atoms with E-state index in [4.69, 9.17) is 11.0 Å². The number of hydrogen-bond acceptors (Lipinski definition) is 7. The Morgan fingerprint density at radius 2 is 2.23 bits per heavy atom. The van der Waals surface area contributed by atoms with Gasteiger partial charge < -0.3 is 15.6 Å². The maximum absolute atomic E-state index is 12.2. The molecule has 8 nitrogen and oxygen atoms in total. The van der Waals surface area contributed by atoms with Gasteiger partial charge in [0.2, 0.25) is 11.8 Å². The van der Waals surface area contributed by atoms with Crippen LogP contribution in [0.15, 0.2) is 16.6 Å². The number of amides is 2. The van der Waals surface area contributed by atoms with E-state index < -0.39 is 0 Å². The van der Waals surface area contributed by atoms with Crippen molar-refractivity contribution in [3.05, 3.63) is 22.8 Å². The third-order valence-corrected chi connectivity index (χ3v) is 5.10. The molecule has 0 aliphatic rings. The maximum Gasteiger partial charge on any atom is 0.235 e. The van der Waals surface area contributed by atoms with Gasteiger partial charge in [0, 0.05) is 19.4 Å². The summed E-state index contributed by atoms with van der Waals surface area (Å²) in [4.78, 5) is 23.2. The molecule has 0 aromatic carbocycles. The summed E-state index contributed by atoms with van der Waals surface area (Å²) < 4.78 is 1.93. The fraction of sp³-hybridized carbons (Fsp3) is 0.438. The van der Waals surface area contributed by atoms with E-state index in [-0.39, 0.29) is 24.0 Å². The van der Waals surface area contributed by atoms with E-state index in [1.54, 1.807) is 11.4 Å². The van der Waals surface area contributed by atoms with Crippen LogP contribution in [0.4, 0.5) is 5.00 Å². The molecular formula is C16H20N6O2S2. The standard InChI is InChI=1S/C16H20N6O2S2/c1-10(2)8-22-13(4-3-12(18)23)20-21-16(22)26-9-14(24)19-15-11(7-17)5-6-25-15/h5-6,10H,3-4,8-9H2,1-2H3,(H2,18,23)(H,19,24). The smallest absolute Gasteiger partial charge is 0.235 e. The maximum atomic E-state index is 12.2. The molecule has 138 valence electrons. The quantitative estimate of drug-likeness (QED) is 0.629. The fourth-order valence-electron chi connectivity index (χ4n) is 2.18. The number of carbonyl (C=O) groups is 2. The number of aromatic nitrogens is 3. The van der Waals surface area contributed by atoms with Crippen molar-refractivity contribution in [1.29, 1.82) is 5.26 Å². The van der Waals surface area contributed by atoms with Crippen molar-refractivity contribution in [2.45, 2.75) is 38.4 Å². The summed E-state index contributed by atoms with van der Waals surface area (Å²) in [6.45, 7) is 4.83. The van der Waals surface area contributed by atoms with Gasteiger partial charge >= 0.3 is 0 Å². The number of hydrogen-bond donors (Lipinski definition) is 2. The van der Waals surface area contributed by atoms with E-state index in [9.17, 15) is 9.59 Å². The number of carbonyl (C=O) groups excluding carboxylic acids is 2. The highest BCUT2D eigenvalue weighted by atomic mass is 32.2. The zero-order valence-corrected chi connectivity index (χ0v) is 16.2. The predicted octanol–water partition coefficient (Wildman–Crippen LogP) is 2.02. The van der Waals surface area contributed by atoms with Gasteiger partial charge in [0.15, 0.2) is 5.16 Å². The summed E-state index contributed by atoms with van der Waals surface area (Å²) in [5, 5.41) is 22.9. The van der Waals surface area contributed by atoms with Gasteiger partial charge in [-0.05, 0) is 17.4 Å². The molecule has 0 aliphatic heterocycles. The molecule has 2 aromatic rings. The number of nitriles is 1. The second-order valence-electron chi connectivity index (χ2n) is 5.98. The molecule has 0 aliphatic carbocycles. The van der Waals surface area contributed by atoms with Crippen LogP contribution in [0.25, 0.3) is 0 Å². The van der Waals surface area contributed by atoms with E-state index >= 15 is 0 Å². The Morgan fingerprint density at radius 3 is 2.88 bits per heavy atom. The molecule has 10 heteroatoms. The molecular weight excluding hydrogens is 372 g/mol. The molecule has 2 heterocycles. The van der Waals surface area contributed by atoms with Crippen molar-refractivity contribution < 1.29 is 9.59 Å². The molecule has 0 bridgehead atoms. The van der Waals surface area contributed by atoms with Crippen LogP contribution in [0, 0.1) is 17.2 Å². The van der Waals surface area contributed by atoms with Gasteiger partial charge in [-0.3, -0.25) is 9.59 Å². The van der Waals surface area contributed by atoms with Crippen LogP contribution in [-0.4, -0.2) is 32.3 Å². The number of primary amides is 1. The minimum absolute atomic E-state index is 0.148. The largest absolute Gasteiger partial charge is 0.370 e. The van der Waals surface area contributed by atoms with Gasteiger partial charge in [0.25, 0.3) is 0 Å². The topological polar surface area (TPSA) is 127 Å². The monoisotopic (exact) mass is 392 g/mol. The number of nitrogens with two attached hydrogens (primary N) is 1.